The Kier molecular flexibility index (Phi) is 12.9. The van der Waals surface area contributed by atoms with Gasteiger partial charge in [0.1, 0.15) is 11.9 Å². The average molecular weight is 739 g/mol. The molecule has 10 heteroatoms. The van der Waals surface area contributed by atoms with Gasteiger partial charge in [-0.3, -0.25) is 9.59 Å². The number of rotatable bonds is 8. The Labute approximate surface area is 315 Å². The third-order valence-corrected chi connectivity index (χ3v) is 9.92. The summed E-state index contributed by atoms with van der Waals surface area (Å²) in [6.45, 7) is 1.74. The van der Waals surface area contributed by atoms with Gasteiger partial charge < -0.3 is 24.5 Å². The monoisotopic (exact) mass is 737 g/mol. The normalized spacial score (nSPS) is 18.2. The number of aryl methyl sites for hydroxylation is 1. The predicted molar refractivity (Wildman–Crippen MR) is 205 cm³/mol. The van der Waals surface area contributed by atoms with Gasteiger partial charge >= 0.3 is 0 Å². The van der Waals surface area contributed by atoms with Crippen LogP contribution in [0.4, 0.5) is 0 Å². The van der Waals surface area contributed by atoms with Crippen molar-refractivity contribution < 1.29 is 19.1 Å². The molecular weight excluding hydrogens is 697 g/mol. The van der Waals surface area contributed by atoms with Crippen molar-refractivity contribution >= 4 is 29.9 Å². The van der Waals surface area contributed by atoms with Crippen LogP contribution in [-0.2, 0) is 11.3 Å². The average Bonchev–Trinajstić information content (AvgIpc) is 3.34. The van der Waals surface area contributed by atoms with E-state index >= 15 is 0 Å². The first kappa shape index (κ1) is 38.3. The molecule has 0 spiro atoms. The van der Waals surface area contributed by atoms with E-state index in [1.807, 2.05) is 48.5 Å². The molecule has 8 nitrogen and oxygen atoms in total. The lowest BCUT2D eigenvalue weighted by atomic mass is 9.97. The number of amides is 1. The first-order valence-corrected chi connectivity index (χ1v) is 17.5. The molecule has 52 heavy (non-hydrogen) atoms. The maximum atomic E-state index is 12.2. The second-order valence-electron chi connectivity index (χ2n) is 13.1. The quantitative estimate of drug-likeness (QED) is 0.164. The van der Waals surface area contributed by atoms with Crippen molar-refractivity contribution in [1.82, 2.24) is 10.2 Å². The lowest BCUT2D eigenvalue weighted by molar-refractivity contribution is -0.0426. The van der Waals surface area contributed by atoms with Crippen molar-refractivity contribution in [2.24, 2.45) is 0 Å². The van der Waals surface area contributed by atoms with Crippen LogP contribution in [0.1, 0.15) is 70.4 Å². The van der Waals surface area contributed by atoms with Crippen molar-refractivity contribution in [2.75, 3.05) is 7.05 Å². The molecule has 1 amide bonds. The zero-order chi connectivity index (χ0) is 35.9. The van der Waals surface area contributed by atoms with Crippen LogP contribution in [0, 0.1) is 18.3 Å². The van der Waals surface area contributed by atoms with E-state index in [1.54, 1.807) is 12.1 Å². The third-order valence-electron chi connectivity index (χ3n) is 9.67. The highest BCUT2D eigenvalue weighted by atomic mass is 35.5. The molecule has 0 aliphatic carbocycles. The lowest BCUT2D eigenvalue weighted by Gasteiger charge is -2.38. The molecule has 0 saturated carbocycles. The zero-order valence-electron chi connectivity index (χ0n) is 29.0. The molecule has 1 aromatic heterocycles. The molecule has 2 aliphatic rings. The van der Waals surface area contributed by atoms with Crippen LogP contribution in [0.15, 0.2) is 118 Å². The van der Waals surface area contributed by atoms with Gasteiger partial charge in [-0.15, -0.1) is 12.4 Å². The van der Waals surface area contributed by atoms with Crippen LogP contribution in [-0.4, -0.2) is 41.1 Å². The van der Waals surface area contributed by atoms with E-state index < -0.39 is 22.8 Å². The maximum Gasteiger partial charge on any atom is 0.291 e. The number of fused-ring (bicyclic) bond motifs is 2. The summed E-state index contributed by atoms with van der Waals surface area (Å²) >= 11 is 6.07. The van der Waals surface area contributed by atoms with Crippen LogP contribution in [0.25, 0.3) is 11.1 Å². The largest absolute Gasteiger partial charge is 0.501 e. The summed E-state index contributed by atoms with van der Waals surface area (Å²) in [7, 11) is 2.27. The molecule has 2 bridgehead atoms. The number of carbonyl (C=O) groups excluding carboxylic acids is 1. The molecule has 2 saturated heterocycles. The van der Waals surface area contributed by atoms with Crippen LogP contribution in [0.2, 0.25) is 5.02 Å². The van der Waals surface area contributed by atoms with E-state index in [1.165, 1.54) is 30.9 Å². The summed E-state index contributed by atoms with van der Waals surface area (Å²) < 4.78 is 11.8. The highest BCUT2D eigenvalue weighted by Crippen LogP contribution is 2.39. The Morgan fingerprint density at radius 3 is 2.12 bits per heavy atom. The van der Waals surface area contributed by atoms with Crippen molar-refractivity contribution in [2.45, 2.75) is 63.4 Å². The standard InChI is InChI=1S/C21H24ClNO.C21H16N2O4.ClH/c1-23-18-11-12-19(23)14-20(13-18)24-21(15-5-3-2-4-6-15)16-7-9-17(22)10-8-16;1-13-10-18(24)19(25)20(27-13)21(26)23-12-15-4-8-17(9-5-15)16-6-2-14(11-22)3-7-16;/h2-10,18-21H,11-14H2,1H3;2-10,25H,12H2,1H3,(H,23,26);1H. The van der Waals surface area contributed by atoms with Crippen LogP contribution in [0.3, 0.4) is 0 Å². The van der Waals surface area contributed by atoms with Gasteiger partial charge in [-0.1, -0.05) is 90.5 Å². The number of benzene rings is 4. The van der Waals surface area contributed by atoms with E-state index in [-0.39, 0.29) is 30.8 Å². The van der Waals surface area contributed by atoms with Crippen molar-refractivity contribution in [3.63, 3.8) is 0 Å². The van der Waals surface area contributed by atoms with Crippen molar-refractivity contribution in [3.05, 3.63) is 158 Å². The molecular formula is C42H41Cl2N3O5. The molecule has 2 fully saturated rings. The first-order chi connectivity index (χ1) is 24.7. The Balaban J connectivity index is 0.000000198. The number of hydrogen-bond donors (Lipinski definition) is 2. The SMILES string of the molecule is CN1C2CCC1CC(OC(c1ccccc1)c1ccc(Cl)cc1)C2.Cc1cc(=O)c(O)c(C(=O)NCc2ccc(-c3ccc(C#N)cc3)cc2)o1.Cl. The number of nitrogens with zero attached hydrogens (tertiary/aromatic N) is 2. The van der Waals surface area contributed by atoms with E-state index in [9.17, 15) is 14.7 Å². The molecule has 3 unspecified atom stereocenters. The Morgan fingerprint density at radius 1 is 0.942 bits per heavy atom. The van der Waals surface area contributed by atoms with Crippen molar-refractivity contribution in [1.29, 1.82) is 5.26 Å². The number of piperidine rings is 1. The molecule has 2 N–H and O–H groups in total. The van der Waals surface area contributed by atoms with Crippen LogP contribution in [0.5, 0.6) is 5.75 Å². The Hall–Kier alpha value is -4.91. The molecule has 2 aliphatic heterocycles. The molecule has 3 heterocycles. The summed E-state index contributed by atoms with van der Waals surface area (Å²) in [6, 6.07) is 38.0. The van der Waals surface area contributed by atoms with Gasteiger partial charge in [-0.05, 0) is 91.7 Å². The Bertz CT molecular complexity index is 2030. The van der Waals surface area contributed by atoms with E-state index in [0.717, 1.165) is 40.6 Å². The number of ether oxygens (including phenoxy) is 1. The number of nitrogens with one attached hydrogen (secondary N) is 1. The predicted octanol–water partition coefficient (Wildman–Crippen LogP) is 8.62. The lowest BCUT2D eigenvalue weighted by Crippen LogP contribution is -2.43. The summed E-state index contributed by atoms with van der Waals surface area (Å²) in [5.41, 5.74) is 5.14. The molecule has 5 aromatic rings. The fourth-order valence-electron chi connectivity index (χ4n) is 6.85. The van der Waals surface area contributed by atoms with E-state index in [0.29, 0.717) is 23.8 Å². The fraction of sp³-hybridized carbons (Fsp3) is 0.262. The number of nitriles is 1. The van der Waals surface area contributed by atoms with Gasteiger partial charge in [0.2, 0.25) is 16.9 Å². The summed E-state index contributed by atoms with van der Waals surface area (Å²) in [4.78, 5) is 26.3. The number of aromatic hydroxyl groups is 1. The number of carbonyl (C=O) groups is 1. The Morgan fingerprint density at radius 2 is 1.52 bits per heavy atom. The van der Waals surface area contributed by atoms with Gasteiger partial charge in [0.15, 0.2) is 0 Å². The topological polar surface area (TPSA) is 116 Å². The van der Waals surface area contributed by atoms with Gasteiger partial charge in [0.25, 0.3) is 5.91 Å². The molecule has 268 valence electrons. The number of hydrogen-bond acceptors (Lipinski definition) is 7. The van der Waals surface area contributed by atoms with Gasteiger partial charge in [0, 0.05) is 29.7 Å². The maximum absolute atomic E-state index is 12.2. The number of halogens is 2. The zero-order valence-corrected chi connectivity index (χ0v) is 30.6. The molecule has 3 atom stereocenters. The molecule has 7 rings (SSSR count). The minimum Gasteiger partial charge on any atom is -0.501 e. The minimum absolute atomic E-state index is 0. The molecule has 0 radical (unpaired) electrons. The fourth-order valence-corrected chi connectivity index (χ4v) is 6.98. The summed E-state index contributed by atoms with van der Waals surface area (Å²) in [5.74, 6) is -1.51. The summed E-state index contributed by atoms with van der Waals surface area (Å²) in [5, 5.41) is 21.9. The van der Waals surface area contributed by atoms with E-state index in [4.69, 9.17) is 26.0 Å². The van der Waals surface area contributed by atoms with Gasteiger partial charge in [-0.2, -0.15) is 5.26 Å². The third kappa shape index (κ3) is 9.30. The second kappa shape index (κ2) is 17.5. The smallest absolute Gasteiger partial charge is 0.291 e. The molecule has 4 aromatic carbocycles. The second-order valence-corrected chi connectivity index (χ2v) is 13.5. The van der Waals surface area contributed by atoms with Gasteiger partial charge in [-0.25, -0.2) is 0 Å². The van der Waals surface area contributed by atoms with Crippen LogP contribution >= 0.6 is 24.0 Å². The highest BCUT2D eigenvalue weighted by Gasteiger charge is 2.39. The van der Waals surface area contributed by atoms with Gasteiger partial charge in [0.05, 0.1) is 17.7 Å². The van der Waals surface area contributed by atoms with E-state index in [2.05, 4.69) is 65.8 Å². The minimum atomic E-state index is -0.700. The van der Waals surface area contributed by atoms with Crippen molar-refractivity contribution in [3.8, 4) is 22.9 Å². The summed E-state index contributed by atoms with van der Waals surface area (Å²) in [6.07, 6.45) is 5.24. The first-order valence-electron chi connectivity index (χ1n) is 17.1. The highest BCUT2D eigenvalue weighted by molar-refractivity contribution is 6.30. The van der Waals surface area contributed by atoms with Crippen LogP contribution < -0.4 is 10.7 Å².